The Hall–Kier alpha value is -2.16. The average Bonchev–Trinajstić information content (AvgIpc) is 2.82. The Labute approximate surface area is 105 Å². The van der Waals surface area contributed by atoms with Crippen LogP contribution in [-0.4, -0.2) is 16.1 Å². The van der Waals surface area contributed by atoms with Crippen LogP contribution in [0.4, 0.5) is 0 Å². The van der Waals surface area contributed by atoms with Gasteiger partial charge in [-0.2, -0.15) is 0 Å². The van der Waals surface area contributed by atoms with Gasteiger partial charge in [0.1, 0.15) is 0 Å². The molecule has 3 heteroatoms. The molecule has 1 N–H and O–H groups in total. The zero-order chi connectivity index (χ0) is 12.5. The Morgan fingerprint density at radius 1 is 1.17 bits per heavy atom. The predicted octanol–water partition coefficient (Wildman–Crippen LogP) is 2.55. The summed E-state index contributed by atoms with van der Waals surface area (Å²) in [6.07, 6.45) is 3.04. The van der Waals surface area contributed by atoms with Crippen LogP contribution >= 0.6 is 0 Å². The minimum Gasteiger partial charge on any atom is -0.481 e. The van der Waals surface area contributed by atoms with Gasteiger partial charge in [0.15, 0.2) is 0 Å². The zero-order valence-corrected chi connectivity index (χ0v) is 9.84. The fourth-order valence-electron chi connectivity index (χ4n) is 2.49. The van der Waals surface area contributed by atoms with Gasteiger partial charge in [0.25, 0.3) is 0 Å². The van der Waals surface area contributed by atoms with E-state index in [0.717, 1.165) is 22.4 Å². The van der Waals surface area contributed by atoms with E-state index in [9.17, 15) is 4.79 Å². The average molecular weight is 239 g/mol. The molecule has 1 aliphatic carbocycles. The van der Waals surface area contributed by atoms with Crippen molar-refractivity contribution in [1.29, 1.82) is 0 Å². The zero-order valence-electron chi connectivity index (χ0n) is 9.84. The van der Waals surface area contributed by atoms with E-state index in [1.807, 2.05) is 30.3 Å². The fraction of sp³-hybridized carbons (Fsp3) is 0.200. The summed E-state index contributed by atoms with van der Waals surface area (Å²) < 4.78 is 0. The molecule has 0 spiro atoms. The molecule has 0 bridgehead atoms. The lowest BCUT2D eigenvalue weighted by Crippen LogP contribution is -2.12. The number of hydrogen-bond donors (Lipinski definition) is 1. The molecule has 1 aromatic carbocycles. The molecule has 1 heterocycles. The highest BCUT2D eigenvalue weighted by atomic mass is 16.4. The van der Waals surface area contributed by atoms with Crippen LogP contribution in [0.5, 0.6) is 0 Å². The largest absolute Gasteiger partial charge is 0.481 e. The number of carbonyl (C=O) groups is 1. The van der Waals surface area contributed by atoms with Gasteiger partial charge in [0, 0.05) is 11.8 Å². The Morgan fingerprint density at radius 3 is 2.72 bits per heavy atom. The highest BCUT2D eigenvalue weighted by Crippen LogP contribution is 2.30. The third-order valence-corrected chi connectivity index (χ3v) is 3.45. The Morgan fingerprint density at radius 2 is 2.00 bits per heavy atom. The number of rotatable bonds is 2. The molecule has 3 nitrogen and oxygen atoms in total. The van der Waals surface area contributed by atoms with E-state index in [0.29, 0.717) is 12.8 Å². The number of aromatic nitrogens is 1. The predicted molar refractivity (Wildman–Crippen MR) is 68.2 cm³/mol. The van der Waals surface area contributed by atoms with Gasteiger partial charge in [0.05, 0.1) is 11.6 Å². The van der Waals surface area contributed by atoms with Crippen LogP contribution < -0.4 is 0 Å². The second-order valence-corrected chi connectivity index (χ2v) is 4.64. The standard InChI is InChI=1S/C15H13NO2/c17-15(18)13-7-10-4-5-11(8-12(10)9-13)14-3-1-2-6-16-14/h1-6,8,13H,7,9H2,(H,17,18)/t13-/m1/s1. The first kappa shape index (κ1) is 11.0. The summed E-state index contributed by atoms with van der Waals surface area (Å²) in [6.45, 7) is 0. The topological polar surface area (TPSA) is 50.2 Å². The van der Waals surface area contributed by atoms with E-state index >= 15 is 0 Å². The van der Waals surface area contributed by atoms with Crippen LogP contribution in [0.3, 0.4) is 0 Å². The molecule has 1 aliphatic rings. The molecule has 0 saturated carbocycles. The molecule has 1 atom stereocenters. The molecule has 0 aliphatic heterocycles. The second kappa shape index (κ2) is 4.26. The maximum Gasteiger partial charge on any atom is 0.307 e. The SMILES string of the molecule is O=C(O)[C@@H]1Cc2ccc(-c3ccccn3)cc2C1. The second-order valence-electron chi connectivity index (χ2n) is 4.64. The Kier molecular flexibility index (Phi) is 2.59. The van der Waals surface area contributed by atoms with Gasteiger partial charge in [0.2, 0.25) is 0 Å². The lowest BCUT2D eigenvalue weighted by molar-refractivity contribution is -0.141. The van der Waals surface area contributed by atoms with E-state index in [2.05, 4.69) is 11.1 Å². The number of carboxylic acids is 1. The molecular weight excluding hydrogens is 226 g/mol. The van der Waals surface area contributed by atoms with E-state index in [1.165, 1.54) is 0 Å². The minimum absolute atomic E-state index is 0.265. The summed E-state index contributed by atoms with van der Waals surface area (Å²) in [6, 6.07) is 11.9. The molecule has 0 amide bonds. The maximum atomic E-state index is 11.0. The van der Waals surface area contributed by atoms with E-state index < -0.39 is 5.97 Å². The first-order valence-electron chi connectivity index (χ1n) is 6.00. The summed E-state index contributed by atoms with van der Waals surface area (Å²) in [4.78, 5) is 15.3. The molecular formula is C15H13NO2. The van der Waals surface area contributed by atoms with Gasteiger partial charge in [-0.05, 0) is 42.2 Å². The number of nitrogens with zero attached hydrogens (tertiary/aromatic N) is 1. The van der Waals surface area contributed by atoms with Crippen molar-refractivity contribution in [2.45, 2.75) is 12.8 Å². The van der Waals surface area contributed by atoms with Gasteiger partial charge in [-0.25, -0.2) is 0 Å². The Bertz CT molecular complexity index is 593. The monoisotopic (exact) mass is 239 g/mol. The van der Waals surface area contributed by atoms with Crippen LogP contribution in [0.2, 0.25) is 0 Å². The number of carboxylic acid groups (broad SMARTS) is 1. The summed E-state index contributed by atoms with van der Waals surface area (Å²) in [5, 5.41) is 9.06. The minimum atomic E-state index is -0.703. The highest BCUT2D eigenvalue weighted by Gasteiger charge is 2.27. The van der Waals surface area contributed by atoms with Gasteiger partial charge < -0.3 is 5.11 Å². The van der Waals surface area contributed by atoms with Gasteiger partial charge in [-0.15, -0.1) is 0 Å². The van der Waals surface area contributed by atoms with Gasteiger partial charge in [-0.3, -0.25) is 9.78 Å². The number of pyridine rings is 1. The molecule has 3 rings (SSSR count). The molecule has 0 saturated heterocycles. The van der Waals surface area contributed by atoms with Crippen molar-refractivity contribution in [1.82, 2.24) is 4.98 Å². The van der Waals surface area contributed by atoms with Crippen molar-refractivity contribution < 1.29 is 9.90 Å². The lowest BCUT2D eigenvalue weighted by atomic mass is 10.0. The summed E-state index contributed by atoms with van der Waals surface area (Å²) in [5.74, 6) is -0.968. The van der Waals surface area contributed by atoms with Gasteiger partial charge in [-0.1, -0.05) is 18.2 Å². The number of aliphatic carboxylic acids is 1. The molecule has 0 fully saturated rings. The van der Waals surface area contributed by atoms with Crippen molar-refractivity contribution in [3.8, 4) is 11.3 Å². The van der Waals surface area contributed by atoms with E-state index in [1.54, 1.807) is 6.20 Å². The maximum absolute atomic E-state index is 11.0. The van der Waals surface area contributed by atoms with Crippen molar-refractivity contribution in [2.24, 2.45) is 5.92 Å². The smallest absolute Gasteiger partial charge is 0.307 e. The Balaban J connectivity index is 1.95. The van der Waals surface area contributed by atoms with Crippen molar-refractivity contribution >= 4 is 5.97 Å². The quantitative estimate of drug-likeness (QED) is 0.876. The molecule has 0 unspecified atom stereocenters. The third-order valence-electron chi connectivity index (χ3n) is 3.45. The summed E-state index contributed by atoms with van der Waals surface area (Å²) in [5.41, 5.74) is 4.28. The first-order valence-corrected chi connectivity index (χ1v) is 6.00. The molecule has 1 aromatic heterocycles. The van der Waals surface area contributed by atoms with Crippen molar-refractivity contribution in [2.75, 3.05) is 0 Å². The van der Waals surface area contributed by atoms with Crippen LogP contribution in [0.25, 0.3) is 11.3 Å². The van der Waals surface area contributed by atoms with Gasteiger partial charge >= 0.3 is 5.97 Å². The first-order chi connectivity index (χ1) is 8.74. The summed E-state index contributed by atoms with van der Waals surface area (Å²) >= 11 is 0. The molecule has 18 heavy (non-hydrogen) atoms. The van der Waals surface area contributed by atoms with Crippen LogP contribution in [-0.2, 0) is 17.6 Å². The highest BCUT2D eigenvalue weighted by molar-refractivity contribution is 5.73. The normalized spacial score (nSPS) is 17.4. The third kappa shape index (κ3) is 1.88. The number of hydrogen-bond acceptors (Lipinski definition) is 2. The van der Waals surface area contributed by atoms with E-state index in [4.69, 9.17) is 5.11 Å². The summed E-state index contributed by atoms with van der Waals surface area (Å²) in [7, 11) is 0. The lowest BCUT2D eigenvalue weighted by Gasteiger charge is -2.03. The van der Waals surface area contributed by atoms with Crippen LogP contribution in [0.1, 0.15) is 11.1 Å². The van der Waals surface area contributed by atoms with Crippen LogP contribution in [0, 0.1) is 5.92 Å². The molecule has 90 valence electrons. The molecule has 0 radical (unpaired) electrons. The van der Waals surface area contributed by atoms with E-state index in [-0.39, 0.29) is 5.92 Å². The van der Waals surface area contributed by atoms with Crippen molar-refractivity contribution in [3.63, 3.8) is 0 Å². The fourth-order valence-corrected chi connectivity index (χ4v) is 2.49. The number of fused-ring (bicyclic) bond motifs is 1. The van der Waals surface area contributed by atoms with Crippen LogP contribution in [0.15, 0.2) is 42.6 Å². The number of benzene rings is 1. The van der Waals surface area contributed by atoms with Crippen molar-refractivity contribution in [3.05, 3.63) is 53.7 Å². The molecule has 2 aromatic rings.